The van der Waals surface area contributed by atoms with Crippen LogP contribution in [0.4, 0.5) is 13.2 Å². The number of rotatable bonds is 9. The molecular formula is C37H44ClF3N8O3S. The molecule has 0 radical (unpaired) electrons. The van der Waals surface area contributed by atoms with Crippen LogP contribution in [0.15, 0.2) is 70.8 Å². The number of unbranched alkanes of at least 4 members (excludes halogenated alkanes) is 1. The van der Waals surface area contributed by atoms with Gasteiger partial charge >= 0.3 is 6.18 Å². The molecule has 11 nitrogen and oxygen atoms in total. The monoisotopic (exact) mass is 772 g/mol. The molecule has 2 aromatic heterocycles. The Morgan fingerprint density at radius 2 is 1.70 bits per heavy atom. The van der Waals surface area contributed by atoms with Crippen LogP contribution in [0, 0.1) is 0 Å². The Labute approximate surface area is 315 Å². The van der Waals surface area contributed by atoms with Crippen molar-refractivity contribution in [2.45, 2.75) is 85.8 Å². The van der Waals surface area contributed by atoms with Gasteiger partial charge in [0.25, 0.3) is 0 Å². The van der Waals surface area contributed by atoms with Crippen LogP contribution in [-0.4, -0.2) is 70.9 Å². The normalized spacial score (nSPS) is 19.3. The Balaban J connectivity index is 1.63. The molecule has 4 aromatic rings. The van der Waals surface area contributed by atoms with Gasteiger partial charge in [-0.3, -0.25) is 14.4 Å². The summed E-state index contributed by atoms with van der Waals surface area (Å²) in [7, 11) is 1.46. The predicted molar refractivity (Wildman–Crippen MR) is 199 cm³/mol. The third-order valence-electron chi connectivity index (χ3n) is 9.33. The first-order valence-corrected chi connectivity index (χ1v) is 18.7. The Morgan fingerprint density at radius 3 is 2.45 bits per heavy atom. The summed E-state index contributed by atoms with van der Waals surface area (Å²) < 4.78 is 43.7. The fraction of sp³-hybridized carbons (Fsp3) is 0.405. The van der Waals surface area contributed by atoms with Crippen LogP contribution in [0.3, 0.4) is 0 Å². The fourth-order valence-electron chi connectivity index (χ4n) is 6.41. The van der Waals surface area contributed by atoms with E-state index in [1.807, 2.05) is 24.3 Å². The molecule has 1 unspecified atom stereocenters. The number of H-pyrrole nitrogens is 1. The van der Waals surface area contributed by atoms with Gasteiger partial charge < -0.3 is 37.3 Å². The average molecular weight is 773 g/mol. The molecule has 2 aromatic carbocycles. The maximum absolute atomic E-state index is 14.6. The molecule has 3 amide bonds. The van der Waals surface area contributed by atoms with Gasteiger partial charge in [-0.1, -0.05) is 47.6 Å². The minimum atomic E-state index is -4.78. The van der Waals surface area contributed by atoms with Gasteiger partial charge in [0.1, 0.15) is 17.1 Å². The summed E-state index contributed by atoms with van der Waals surface area (Å²) in [5, 5.41) is 10.1. The lowest BCUT2D eigenvalue weighted by Gasteiger charge is -2.32. The van der Waals surface area contributed by atoms with E-state index < -0.39 is 54.1 Å². The number of aromatic nitrogens is 2. The first-order valence-electron chi connectivity index (χ1n) is 17.5. The van der Waals surface area contributed by atoms with E-state index in [0.29, 0.717) is 49.4 Å². The summed E-state index contributed by atoms with van der Waals surface area (Å²) in [4.78, 5) is 51.5. The van der Waals surface area contributed by atoms with Crippen molar-refractivity contribution in [2.24, 2.45) is 11.5 Å². The van der Waals surface area contributed by atoms with Crippen molar-refractivity contribution >= 4 is 52.0 Å². The van der Waals surface area contributed by atoms with E-state index in [-0.39, 0.29) is 34.9 Å². The van der Waals surface area contributed by atoms with Gasteiger partial charge in [0.2, 0.25) is 17.7 Å². The molecule has 16 heteroatoms. The summed E-state index contributed by atoms with van der Waals surface area (Å²) >= 11 is 7.55. The molecule has 0 saturated carbocycles. The number of likely N-dealkylation sites (N-methyl/N-ethyl adjacent to an activating group) is 1. The van der Waals surface area contributed by atoms with Gasteiger partial charge in [-0.25, -0.2) is 4.98 Å². The first kappa shape index (κ1) is 40.0. The summed E-state index contributed by atoms with van der Waals surface area (Å²) in [6, 6.07) is 9.98. The van der Waals surface area contributed by atoms with Crippen molar-refractivity contribution in [1.29, 1.82) is 0 Å². The molecule has 0 fully saturated rings. The van der Waals surface area contributed by atoms with E-state index in [9.17, 15) is 27.6 Å². The Hall–Kier alpha value is -4.15. The number of hydrogen-bond acceptors (Lipinski definition) is 8. The van der Waals surface area contributed by atoms with Crippen molar-refractivity contribution in [1.82, 2.24) is 30.8 Å². The van der Waals surface area contributed by atoms with E-state index in [0.717, 1.165) is 34.3 Å². The molecule has 53 heavy (non-hydrogen) atoms. The van der Waals surface area contributed by atoms with Crippen LogP contribution < -0.4 is 27.4 Å². The largest absolute Gasteiger partial charge is 0.416 e. The van der Waals surface area contributed by atoms with E-state index >= 15 is 0 Å². The second-order valence-electron chi connectivity index (χ2n) is 12.9. The lowest BCUT2D eigenvalue weighted by atomic mass is 10.0. The van der Waals surface area contributed by atoms with Crippen molar-refractivity contribution in [3.63, 3.8) is 0 Å². The quantitative estimate of drug-likeness (QED) is 0.131. The van der Waals surface area contributed by atoms with Crippen LogP contribution >= 0.6 is 23.4 Å². The Bertz CT molecular complexity index is 1910. The van der Waals surface area contributed by atoms with Gasteiger partial charge in [0.15, 0.2) is 0 Å². The number of nitrogens with one attached hydrogen (secondary N) is 4. The molecule has 284 valence electrons. The number of amides is 3. The minimum Gasteiger partial charge on any atom is -0.361 e. The van der Waals surface area contributed by atoms with Crippen LogP contribution in [-0.2, 0) is 40.1 Å². The maximum Gasteiger partial charge on any atom is 0.416 e. The summed E-state index contributed by atoms with van der Waals surface area (Å²) in [6.45, 7) is 0.289. The zero-order chi connectivity index (χ0) is 38.1. The fourth-order valence-corrected chi connectivity index (χ4v) is 7.75. The summed E-state index contributed by atoms with van der Waals surface area (Å²) in [6.07, 6.45) is 0.731. The van der Waals surface area contributed by atoms with Crippen molar-refractivity contribution < 1.29 is 27.6 Å². The molecule has 8 N–H and O–H groups in total. The van der Waals surface area contributed by atoms with Crippen molar-refractivity contribution in [3.8, 4) is 0 Å². The molecule has 0 saturated heterocycles. The number of benzene rings is 2. The number of carbonyl (C=O) groups is 3. The topological polar surface area (TPSA) is 171 Å². The SMILES string of the molecule is CN1C(=O)C(CCCCN)NC(=O)[C@H](CCCN)NCc2cccnc2Sc2c(Cl)ccc(C(F)(F)F)c2CNC(=O)[C@@H]1Cc1c[nH]c2ccccc12. The van der Waals surface area contributed by atoms with Crippen LogP contribution in [0.5, 0.6) is 0 Å². The van der Waals surface area contributed by atoms with Crippen LogP contribution in [0.25, 0.3) is 10.9 Å². The van der Waals surface area contributed by atoms with Crippen LogP contribution in [0.1, 0.15) is 54.4 Å². The maximum atomic E-state index is 14.6. The number of carbonyl (C=O) groups excluding carboxylic acids is 3. The second kappa shape index (κ2) is 18.3. The molecule has 1 aliphatic heterocycles. The zero-order valence-corrected chi connectivity index (χ0v) is 30.8. The molecule has 0 aliphatic carbocycles. The number of halogens is 4. The smallest absolute Gasteiger partial charge is 0.361 e. The number of hydrogen-bond donors (Lipinski definition) is 6. The lowest BCUT2D eigenvalue weighted by molar-refractivity contribution is -0.142. The van der Waals surface area contributed by atoms with Gasteiger partial charge in [0.05, 0.1) is 16.6 Å². The summed E-state index contributed by atoms with van der Waals surface area (Å²) in [5.41, 5.74) is 12.5. The number of aromatic amines is 1. The number of alkyl halides is 3. The lowest BCUT2D eigenvalue weighted by Crippen LogP contribution is -2.57. The zero-order valence-electron chi connectivity index (χ0n) is 29.3. The van der Waals surface area contributed by atoms with E-state index in [4.69, 9.17) is 23.1 Å². The highest BCUT2D eigenvalue weighted by atomic mass is 35.5. The third-order valence-corrected chi connectivity index (χ3v) is 11.0. The van der Waals surface area contributed by atoms with Crippen LogP contribution in [0.2, 0.25) is 5.02 Å². The average Bonchev–Trinajstić information content (AvgIpc) is 3.55. The Morgan fingerprint density at radius 1 is 0.943 bits per heavy atom. The molecule has 1 aliphatic rings. The highest BCUT2D eigenvalue weighted by Crippen LogP contribution is 2.43. The molecule has 3 atom stereocenters. The number of para-hydroxylation sites is 1. The van der Waals surface area contributed by atoms with Gasteiger partial charge in [-0.05, 0) is 86.1 Å². The van der Waals surface area contributed by atoms with Crippen molar-refractivity contribution in [2.75, 3.05) is 20.1 Å². The Kier molecular flexibility index (Phi) is 13.8. The van der Waals surface area contributed by atoms with E-state index in [1.165, 1.54) is 24.2 Å². The van der Waals surface area contributed by atoms with E-state index in [2.05, 4.69) is 25.9 Å². The molecular weight excluding hydrogens is 729 g/mol. The van der Waals surface area contributed by atoms with E-state index in [1.54, 1.807) is 18.3 Å². The first-order chi connectivity index (χ1) is 25.4. The molecule has 3 heterocycles. The van der Waals surface area contributed by atoms with Gasteiger partial charge in [0, 0.05) is 54.8 Å². The molecule has 0 bridgehead atoms. The number of nitrogens with two attached hydrogens (primary N) is 2. The van der Waals surface area contributed by atoms with Crippen molar-refractivity contribution in [3.05, 3.63) is 88.2 Å². The standard InChI is InChI=1S/C37H44ClF3N8O3S/c1-49-31(18-23-20-45-28-10-3-2-9-24(23)28)34(51)47-21-25-26(37(39,40)41)13-14-27(38)32(25)53-35-22(8-7-17-44-35)19-46-29(12-6-16-43)33(50)48-30(36(49)52)11-4-5-15-42/h2-3,7-10,13-14,17,20,29-31,45-46H,4-6,11-12,15-16,18-19,21,42-43H2,1H3,(H,47,51)(H,48,50)/t29-,30?,31-/m0/s1. The molecule has 5 rings (SSSR count). The third kappa shape index (κ3) is 9.89. The molecule has 0 spiro atoms. The minimum absolute atomic E-state index is 0.0306. The number of nitrogens with zero attached hydrogens (tertiary/aromatic N) is 2. The predicted octanol–water partition coefficient (Wildman–Crippen LogP) is 4.90. The number of pyridine rings is 1. The number of fused-ring (bicyclic) bond motifs is 3. The highest BCUT2D eigenvalue weighted by molar-refractivity contribution is 7.99. The van der Waals surface area contributed by atoms with Gasteiger partial charge in [-0.2, -0.15) is 13.2 Å². The second-order valence-corrected chi connectivity index (χ2v) is 14.3. The highest BCUT2D eigenvalue weighted by Gasteiger charge is 2.37. The summed E-state index contributed by atoms with van der Waals surface area (Å²) in [5.74, 6) is -1.64. The van der Waals surface area contributed by atoms with Gasteiger partial charge in [-0.15, -0.1) is 0 Å².